The van der Waals surface area contributed by atoms with Crippen molar-refractivity contribution in [2.24, 2.45) is 22.2 Å². The van der Waals surface area contributed by atoms with E-state index in [9.17, 15) is 19.5 Å². The molecule has 1 fully saturated rings. The zero-order valence-electron chi connectivity index (χ0n) is 13.9. The van der Waals surface area contributed by atoms with Gasteiger partial charge in [0.2, 0.25) is 5.91 Å². The highest BCUT2D eigenvalue weighted by atomic mass is 32.2. The van der Waals surface area contributed by atoms with Crippen LogP contribution < -0.4 is 10.6 Å². The minimum Gasteiger partial charge on any atom is -0.481 e. The van der Waals surface area contributed by atoms with Gasteiger partial charge in [-0.3, -0.25) is 19.4 Å². The van der Waals surface area contributed by atoms with Crippen molar-refractivity contribution in [1.29, 1.82) is 0 Å². The average molecular weight is 361 g/mol. The second kappa shape index (κ2) is 6.51. The van der Waals surface area contributed by atoms with Crippen molar-refractivity contribution in [1.82, 2.24) is 5.32 Å². The van der Waals surface area contributed by atoms with Gasteiger partial charge in [-0.05, 0) is 23.6 Å². The number of rotatable bonds is 4. The molecule has 1 aliphatic heterocycles. The number of thioether (sulfide) groups is 1. The third-order valence-electron chi connectivity index (χ3n) is 4.57. The van der Waals surface area contributed by atoms with Crippen molar-refractivity contribution in [2.75, 3.05) is 17.6 Å². The molecule has 8 heteroatoms. The second-order valence-electron chi connectivity index (χ2n) is 6.67. The quantitative estimate of drug-likeness (QED) is 0.758. The molecule has 0 spiro atoms. The minimum absolute atomic E-state index is 0.292. The summed E-state index contributed by atoms with van der Waals surface area (Å²) in [4.78, 5) is 40.0. The monoisotopic (exact) mass is 361 g/mol. The number of nitrogens with one attached hydrogen (secondary N) is 2. The van der Waals surface area contributed by atoms with Crippen molar-refractivity contribution in [3.8, 4) is 0 Å². The summed E-state index contributed by atoms with van der Waals surface area (Å²) in [5.74, 6) is -2.01. The molecule has 2 amide bonds. The highest BCUT2D eigenvalue weighted by Crippen LogP contribution is 2.58. The lowest BCUT2D eigenvalue weighted by Crippen LogP contribution is -2.27. The van der Waals surface area contributed by atoms with E-state index in [2.05, 4.69) is 15.6 Å². The van der Waals surface area contributed by atoms with E-state index in [4.69, 9.17) is 0 Å². The summed E-state index contributed by atoms with van der Waals surface area (Å²) in [6, 6.07) is 6.55. The van der Waals surface area contributed by atoms with Gasteiger partial charge in [0.25, 0.3) is 5.91 Å². The Bertz CT molecular complexity index is 775. The number of carbonyl (C=O) groups excluding carboxylic acids is 2. The standard InChI is InChI=1S/C17H19N3O4S/c1-17(2)11(12(17)15(23)24)14(22)19-10-5-3-4-9(8-10)13(21)20-16-18-6-7-25-16/h3-5,8,11-12H,6-7H2,1-2H3,(H,19,22)(H,23,24)(H,18,20,21)/t11-,12-/m0/s1. The maximum atomic E-state index is 12.4. The molecule has 25 heavy (non-hydrogen) atoms. The molecule has 2 aliphatic rings. The van der Waals surface area contributed by atoms with Gasteiger partial charge in [0.15, 0.2) is 5.17 Å². The van der Waals surface area contributed by atoms with Gasteiger partial charge in [-0.15, -0.1) is 0 Å². The van der Waals surface area contributed by atoms with E-state index in [1.807, 2.05) is 0 Å². The van der Waals surface area contributed by atoms with E-state index >= 15 is 0 Å². The van der Waals surface area contributed by atoms with Gasteiger partial charge in [0.05, 0.1) is 18.4 Å². The number of amidine groups is 1. The first kappa shape index (κ1) is 17.5. The molecule has 0 radical (unpaired) electrons. The van der Waals surface area contributed by atoms with Gasteiger partial charge in [0, 0.05) is 17.0 Å². The highest BCUT2D eigenvalue weighted by molar-refractivity contribution is 8.14. The van der Waals surface area contributed by atoms with Crippen LogP contribution in [0, 0.1) is 17.3 Å². The molecule has 1 aromatic rings. The van der Waals surface area contributed by atoms with Gasteiger partial charge in [0.1, 0.15) is 0 Å². The van der Waals surface area contributed by atoms with Crippen LogP contribution in [0.3, 0.4) is 0 Å². The highest BCUT2D eigenvalue weighted by Gasteiger charge is 2.65. The van der Waals surface area contributed by atoms with Crippen LogP contribution in [0.4, 0.5) is 5.69 Å². The molecule has 0 bridgehead atoms. The fraction of sp³-hybridized carbons (Fsp3) is 0.412. The molecule has 1 aromatic carbocycles. The summed E-state index contributed by atoms with van der Waals surface area (Å²) in [6.45, 7) is 4.22. The summed E-state index contributed by atoms with van der Waals surface area (Å²) in [6.07, 6.45) is 0. The molecule has 3 N–H and O–H groups in total. The van der Waals surface area contributed by atoms with Crippen LogP contribution in [0.25, 0.3) is 0 Å². The number of carboxylic acids is 1. The minimum atomic E-state index is -0.965. The number of aliphatic imine (C=N–C) groups is 1. The van der Waals surface area contributed by atoms with Crippen molar-refractivity contribution < 1.29 is 19.5 Å². The zero-order chi connectivity index (χ0) is 18.2. The van der Waals surface area contributed by atoms with E-state index in [-0.39, 0.29) is 11.8 Å². The molecule has 2 atom stereocenters. The van der Waals surface area contributed by atoms with Gasteiger partial charge >= 0.3 is 5.97 Å². The average Bonchev–Trinajstić information content (AvgIpc) is 2.88. The molecule has 0 saturated heterocycles. The Morgan fingerprint density at radius 1 is 1.24 bits per heavy atom. The Labute approximate surface area is 149 Å². The molecule has 1 saturated carbocycles. The summed E-state index contributed by atoms with van der Waals surface area (Å²) < 4.78 is 0. The predicted molar refractivity (Wildman–Crippen MR) is 95.7 cm³/mol. The fourth-order valence-corrected chi connectivity index (χ4v) is 3.85. The van der Waals surface area contributed by atoms with Crippen molar-refractivity contribution >= 4 is 40.4 Å². The number of carboxylic acid groups (broad SMARTS) is 1. The Hall–Kier alpha value is -2.35. The molecule has 7 nitrogen and oxygen atoms in total. The summed E-state index contributed by atoms with van der Waals surface area (Å²) >= 11 is 1.49. The number of aliphatic carboxylic acids is 1. The fourth-order valence-electron chi connectivity index (χ4n) is 3.13. The van der Waals surface area contributed by atoms with E-state index in [1.165, 1.54) is 11.8 Å². The number of amides is 2. The van der Waals surface area contributed by atoms with Crippen LogP contribution in [0.1, 0.15) is 24.2 Å². The van der Waals surface area contributed by atoms with Crippen molar-refractivity contribution in [2.45, 2.75) is 13.8 Å². The van der Waals surface area contributed by atoms with Crippen LogP contribution >= 0.6 is 11.8 Å². The predicted octanol–water partition coefficient (Wildman–Crippen LogP) is 1.81. The van der Waals surface area contributed by atoms with E-state index in [0.29, 0.717) is 23.0 Å². The molecule has 0 aromatic heterocycles. The van der Waals surface area contributed by atoms with Gasteiger partial charge < -0.3 is 15.7 Å². The Kier molecular flexibility index (Phi) is 4.55. The summed E-state index contributed by atoms with van der Waals surface area (Å²) in [5.41, 5.74) is 0.297. The number of anilines is 1. The first-order chi connectivity index (χ1) is 11.8. The van der Waals surface area contributed by atoms with Crippen molar-refractivity contribution in [3.63, 3.8) is 0 Å². The lowest BCUT2D eigenvalue weighted by atomic mass is 10.1. The summed E-state index contributed by atoms with van der Waals surface area (Å²) in [5, 5.41) is 15.2. The lowest BCUT2D eigenvalue weighted by molar-refractivity contribution is -0.140. The van der Waals surface area contributed by atoms with Crippen LogP contribution in [0.5, 0.6) is 0 Å². The van der Waals surface area contributed by atoms with Crippen LogP contribution in [0.2, 0.25) is 0 Å². The number of nitrogens with zero attached hydrogens (tertiary/aromatic N) is 1. The first-order valence-corrected chi connectivity index (χ1v) is 8.91. The molecule has 0 unspecified atom stereocenters. The zero-order valence-corrected chi connectivity index (χ0v) is 14.7. The van der Waals surface area contributed by atoms with E-state index in [1.54, 1.807) is 38.1 Å². The number of hydrogen-bond acceptors (Lipinski definition) is 5. The van der Waals surface area contributed by atoms with Crippen molar-refractivity contribution in [3.05, 3.63) is 29.8 Å². The topological polar surface area (TPSA) is 108 Å². The molecular formula is C17H19N3O4S. The second-order valence-corrected chi connectivity index (χ2v) is 7.76. The molecule has 1 aliphatic carbocycles. The van der Waals surface area contributed by atoms with Crippen LogP contribution in [0.15, 0.2) is 29.3 Å². The smallest absolute Gasteiger partial charge is 0.307 e. The third-order valence-corrected chi connectivity index (χ3v) is 5.47. The van der Waals surface area contributed by atoms with Crippen LogP contribution in [-0.2, 0) is 9.59 Å². The molecule has 132 valence electrons. The van der Waals surface area contributed by atoms with Crippen LogP contribution in [-0.4, -0.2) is 40.4 Å². The summed E-state index contributed by atoms with van der Waals surface area (Å²) in [7, 11) is 0. The van der Waals surface area contributed by atoms with E-state index < -0.39 is 23.2 Å². The number of hydrogen-bond donors (Lipinski definition) is 3. The first-order valence-electron chi connectivity index (χ1n) is 7.93. The maximum Gasteiger partial charge on any atom is 0.307 e. The largest absolute Gasteiger partial charge is 0.481 e. The molecule has 1 heterocycles. The Morgan fingerprint density at radius 2 is 2.00 bits per heavy atom. The van der Waals surface area contributed by atoms with E-state index in [0.717, 1.165) is 5.75 Å². The van der Waals surface area contributed by atoms with Gasteiger partial charge in [-0.1, -0.05) is 31.7 Å². The maximum absolute atomic E-state index is 12.4. The van der Waals surface area contributed by atoms with Gasteiger partial charge in [-0.2, -0.15) is 0 Å². The SMILES string of the molecule is CC1(C)[C@H](C(=O)O)[C@H]1C(=O)Nc1cccc(C(=O)NC2=NCCS2)c1. The van der Waals surface area contributed by atoms with Gasteiger partial charge in [-0.25, -0.2) is 0 Å². The number of carbonyl (C=O) groups is 3. The number of benzene rings is 1. The molecular weight excluding hydrogens is 342 g/mol. The lowest BCUT2D eigenvalue weighted by Gasteiger charge is -2.08. The molecule has 3 rings (SSSR count). The third kappa shape index (κ3) is 3.53. The Balaban J connectivity index is 1.67. The normalized spacial score (nSPS) is 23.5. The Morgan fingerprint density at radius 3 is 2.60 bits per heavy atom.